The highest BCUT2D eigenvalue weighted by molar-refractivity contribution is 8.00. The Morgan fingerprint density at radius 3 is 2.05 bits per heavy atom. The van der Waals surface area contributed by atoms with E-state index in [1.54, 1.807) is 67.8 Å². The minimum atomic E-state index is -0.562. The second-order valence-corrected chi connectivity index (χ2v) is 14.0. The van der Waals surface area contributed by atoms with Gasteiger partial charge in [0, 0.05) is 50.2 Å². The predicted molar refractivity (Wildman–Crippen MR) is 225 cm³/mol. The quantitative estimate of drug-likeness (QED) is 0.0798. The van der Waals surface area contributed by atoms with Gasteiger partial charge < -0.3 is 30.0 Å². The molecule has 56 heavy (non-hydrogen) atoms. The molecule has 6 aromatic carbocycles. The molecule has 3 amide bonds. The maximum Gasteiger partial charge on any atom is 0.272 e. The Labute approximate surface area is 329 Å². The summed E-state index contributed by atoms with van der Waals surface area (Å²) in [5, 5.41) is 10.5. The molecule has 0 aliphatic rings. The van der Waals surface area contributed by atoms with E-state index >= 15 is 0 Å². The van der Waals surface area contributed by atoms with Crippen molar-refractivity contribution in [2.24, 2.45) is 0 Å². The van der Waals surface area contributed by atoms with E-state index in [9.17, 15) is 14.4 Å². The second kappa shape index (κ2) is 17.1. The second-order valence-electron chi connectivity index (χ2n) is 12.9. The summed E-state index contributed by atoms with van der Waals surface area (Å²) >= 11 is 1.41. The first-order valence-electron chi connectivity index (χ1n) is 18.1. The van der Waals surface area contributed by atoms with E-state index in [4.69, 9.17) is 9.47 Å². The zero-order valence-corrected chi connectivity index (χ0v) is 31.9. The fourth-order valence-corrected chi connectivity index (χ4v) is 7.61. The number of methoxy groups -OCH3 is 2. The molecule has 0 radical (unpaired) electrons. The smallest absolute Gasteiger partial charge is 0.272 e. The summed E-state index contributed by atoms with van der Waals surface area (Å²) in [5.41, 5.74) is 5.41. The van der Waals surface area contributed by atoms with Crippen molar-refractivity contribution in [3.05, 3.63) is 168 Å². The first-order valence-corrected chi connectivity index (χ1v) is 19.0. The molecule has 7 rings (SSSR count). The monoisotopic (exact) mass is 760 g/mol. The number of rotatable bonds is 13. The van der Waals surface area contributed by atoms with Crippen molar-refractivity contribution < 1.29 is 23.9 Å². The number of amides is 3. The molecule has 0 spiro atoms. The summed E-state index contributed by atoms with van der Waals surface area (Å²) < 4.78 is 13.1. The van der Waals surface area contributed by atoms with E-state index in [0.717, 1.165) is 44.5 Å². The van der Waals surface area contributed by atoms with Crippen LogP contribution < -0.4 is 25.4 Å². The van der Waals surface area contributed by atoms with Crippen LogP contribution in [-0.2, 0) is 16.1 Å². The van der Waals surface area contributed by atoms with Crippen LogP contribution in [0.15, 0.2) is 156 Å². The van der Waals surface area contributed by atoms with Gasteiger partial charge in [-0.25, -0.2) is 0 Å². The van der Waals surface area contributed by atoms with Crippen molar-refractivity contribution in [2.75, 3.05) is 24.9 Å². The van der Waals surface area contributed by atoms with Gasteiger partial charge in [-0.1, -0.05) is 72.8 Å². The van der Waals surface area contributed by atoms with E-state index in [1.807, 2.05) is 72.8 Å². The largest absolute Gasteiger partial charge is 0.493 e. The van der Waals surface area contributed by atoms with Crippen LogP contribution in [-0.4, -0.2) is 36.5 Å². The number of carbonyl (C=O) groups is 3. The molecule has 1 heterocycles. The fraction of sp³-hybridized carbons (Fsp3) is 0.109. The zero-order chi connectivity index (χ0) is 39.0. The number of aryl methyl sites for hydroxylation is 1. The van der Waals surface area contributed by atoms with E-state index in [0.29, 0.717) is 28.3 Å². The van der Waals surface area contributed by atoms with Gasteiger partial charge >= 0.3 is 0 Å². The first kappa shape index (κ1) is 37.5. The van der Waals surface area contributed by atoms with Gasteiger partial charge in [0.25, 0.3) is 11.8 Å². The minimum Gasteiger partial charge on any atom is -0.493 e. The molecule has 10 heteroatoms. The molecule has 1 aromatic heterocycles. The SMILES string of the molecule is CCn1c2ccccc2c2cc(NC(=O)C(Sc3ccc(NC(=O)/C(=C/c4ccc(OC)c(OC)c4)NC(=O)c4ccccc4)cc3)c3ccccc3)ccc21. The van der Waals surface area contributed by atoms with Crippen LogP contribution in [0.4, 0.5) is 11.4 Å². The van der Waals surface area contributed by atoms with Crippen LogP contribution in [0.1, 0.15) is 33.7 Å². The third kappa shape index (κ3) is 8.30. The van der Waals surface area contributed by atoms with Crippen LogP contribution in [0.5, 0.6) is 11.5 Å². The van der Waals surface area contributed by atoms with Gasteiger partial charge in [-0.2, -0.15) is 0 Å². The summed E-state index contributed by atoms with van der Waals surface area (Å²) in [6.45, 7) is 2.97. The van der Waals surface area contributed by atoms with Crippen molar-refractivity contribution in [3.63, 3.8) is 0 Å². The van der Waals surface area contributed by atoms with Crippen LogP contribution in [0.2, 0.25) is 0 Å². The number of hydrogen-bond acceptors (Lipinski definition) is 6. The van der Waals surface area contributed by atoms with Gasteiger partial charge in [0.2, 0.25) is 5.91 Å². The molecule has 0 fully saturated rings. The number of nitrogens with zero attached hydrogens (tertiary/aromatic N) is 1. The van der Waals surface area contributed by atoms with Crippen molar-refractivity contribution in [3.8, 4) is 11.5 Å². The van der Waals surface area contributed by atoms with Crippen molar-refractivity contribution in [2.45, 2.75) is 23.6 Å². The lowest BCUT2D eigenvalue weighted by atomic mass is 10.1. The Balaban J connectivity index is 1.10. The Morgan fingerprint density at radius 1 is 0.679 bits per heavy atom. The van der Waals surface area contributed by atoms with Gasteiger partial charge in [0.1, 0.15) is 10.9 Å². The molecule has 1 unspecified atom stereocenters. The lowest BCUT2D eigenvalue weighted by Gasteiger charge is -2.18. The summed E-state index contributed by atoms with van der Waals surface area (Å²) in [4.78, 5) is 41.8. The van der Waals surface area contributed by atoms with Crippen LogP contribution in [0.3, 0.4) is 0 Å². The van der Waals surface area contributed by atoms with Crippen molar-refractivity contribution in [1.82, 2.24) is 9.88 Å². The third-order valence-corrected chi connectivity index (χ3v) is 10.6. The Hall–Kier alpha value is -6.78. The lowest BCUT2D eigenvalue weighted by Crippen LogP contribution is -2.30. The number of thioether (sulfide) groups is 1. The van der Waals surface area contributed by atoms with Gasteiger partial charge in [-0.3, -0.25) is 14.4 Å². The highest BCUT2D eigenvalue weighted by Gasteiger charge is 2.23. The maximum absolute atomic E-state index is 14.0. The molecule has 0 saturated heterocycles. The highest BCUT2D eigenvalue weighted by atomic mass is 32.2. The number of ether oxygens (including phenoxy) is 2. The van der Waals surface area contributed by atoms with E-state index in [-0.39, 0.29) is 11.6 Å². The molecule has 9 nitrogen and oxygen atoms in total. The number of hydrogen-bond donors (Lipinski definition) is 3. The van der Waals surface area contributed by atoms with Crippen LogP contribution in [0.25, 0.3) is 27.9 Å². The van der Waals surface area contributed by atoms with E-state index in [1.165, 1.54) is 18.9 Å². The van der Waals surface area contributed by atoms with E-state index < -0.39 is 17.1 Å². The molecule has 0 aliphatic carbocycles. The molecule has 280 valence electrons. The molecule has 0 bridgehead atoms. The average Bonchev–Trinajstić information content (AvgIpc) is 3.56. The Kier molecular flexibility index (Phi) is 11.5. The van der Waals surface area contributed by atoms with Gasteiger partial charge in [-0.15, -0.1) is 11.8 Å². The van der Waals surface area contributed by atoms with Crippen molar-refractivity contribution in [1.29, 1.82) is 0 Å². The van der Waals surface area contributed by atoms with Crippen molar-refractivity contribution >= 4 is 68.7 Å². The number of benzene rings is 6. The molecular formula is C46H40N4O5S. The van der Waals surface area contributed by atoms with Gasteiger partial charge in [0.15, 0.2) is 11.5 Å². The van der Waals surface area contributed by atoms with Gasteiger partial charge in [-0.05, 0) is 96.9 Å². The summed E-state index contributed by atoms with van der Waals surface area (Å²) in [5.74, 6) is -0.0995. The fourth-order valence-electron chi connectivity index (χ4n) is 6.58. The topological polar surface area (TPSA) is 111 Å². The third-order valence-electron chi connectivity index (χ3n) is 9.31. The number of fused-ring (bicyclic) bond motifs is 3. The summed E-state index contributed by atoms with van der Waals surface area (Å²) in [7, 11) is 3.07. The number of nitrogens with one attached hydrogen (secondary N) is 3. The van der Waals surface area contributed by atoms with Gasteiger partial charge in [0.05, 0.1) is 14.2 Å². The van der Waals surface area contributed by atoms with E-state index in [2.05, 4.69) is 45.6 Å². The summed E-state index contributed by atoms with van der Waals surface area (Å²) in [6, 6.07) is 45.1. The Bertz CT molecular complexity index is 2550. The molecule has 3 N–H and O–H groups in total. The standard InChI is InChI=1S/C46H40N4O5S/c1-4-50-39-18-12-11-17-36(39)37-29-34(22-25-40(37)50)48-46(53)43(31-13-7-5-8-14-31)56-35-23-20-33(21-24-35)47-45(52)38(49-44(51)32-15-9-6-10-16-32)27-30-19-26-41(54-2)42(28-30)55-3/h5-29,43H,4H2,1-3H3,(H,47,52)(H,48,53)(H,49,51)/b38-27-. The predicted octanol–water partition coefficient (Wildman–Crippen LogP) is 9.71. The normalized spacial score (nSPS) is 11.9. The first-order chi connectivity index (χ1) is 27.3. The molecule has 7 aromatic rings. The Morgan fingerprint density at radius 2 is 1.34 bits per heavy atom. The molecule has 1 atom stereocenters. The minimum absolute atomic E-state index is 0.0304. The number of aromatic nitrogens is 1. The average molecular weight is 761 g/mol. The maximum atomic E-state index is 14.0. The molecule has 0 aliphatic heterocycles. The highest BCUT2D eigenvalue weighted by Crippen LogP contribution is 2.38. The lowest BCUT2D eigenvalue weighted by molar-refractivity contribution is -0.116. The number of anilines is 2. The van der Waals surface area contributed by atoms with Crippen LogP contribution >= 0.6 is 11.8 Å². The molecular weight excluding hydrogens is 721 g/mol. The summed E-state index contributed by atoms with van der Waals surface area (Å²) in [6.07, 6.45) is 1.57. The molecule has 0 saturated carbocycles. The number of carbonyl (C=O) groups excluding carboxylic acids is 3. The number of para-hydroxylation sites is 1. The van der Waals surface area contributed by atoms with Crippen LogP contribution in [0, 0.1) is 0 Å². The zero-order valence-electron chi connectivity index (χ0n) is 31.1.